The summed E-state index contributed by atoms with van der Waals surface area (Å²) in [5.74, 6) is 0. The van der Waals surface area contributed by atoms with Gasteiger partial charge in [0.05, 0.1) is 18.8 Å². The van der Waals surface area contributed by atoms with Crippen LogP contribution in [-0.2, 0) is 24.4 Å². The summed E-state index contributed by atoms with van der Waals surface area (Å²) >= 11 is 0. The van der Waals surface area contributed by atoms with Gasteiger partial charge in [-0.3, -0.25) is 4.90 Å². The summed E-state index contributed by atoms with van der Waals surface area (Å²) in [7, 11) is 0. The number of rotatable bonds is 9. The van der Waals surface area contributed by atoms with E-state index in [1.807, 2.05) is 73.7 Å². The van der Waals surface area contributed by atoms with Gasteiger partial charge in [-0.1, -0.05) is 91.0 Å². The van der Waals surface area contributed by atoms with E-state index in [9.17, 15) is 5.26 Å². The Labute approximate surface area is 167 Å². The molecule has 3 nitrogen and oxygen atoms in total. The molecule has 0 radical (unpaired) electrons. The Kier molecular flexibility index (Phi) is 7.37. The highest BCUT2D eigenvalue weighted by atomic mass is 16.5. The van der Waals surface area contributed by atoms with Gasteiger partial charge in [0, 0.05) is 13.1 Å². The molecule has 28 heavy (non-hydrogen) atoms. The minimum Gasteiger partial charge on any atom is -0.371 e. The minimum atomic E-state index is -0.343. The zero-order valence-corrected chi connectivity index (χ0v) is 16.2. The van der Waals surface area contributed by atoms with Crippen molar-refractivity contribution in [3.63, 3.8) is 0 Å². The molecule has 2 atom stereocenters. The van der Waals surface area contributed by atoms with Crippen LogP contribution in [0.3, 0.4) is 0 Å². The smallest absolute Gasteiger partial charge is 0.125 e. The average molecular weight is 370 g/mol. The number of nitriles is 1. The molecule has 0 bridgehead atoms. The van der Waals surface area contributed by atoms with Crippen molar-refractivity contribution in [2.45, 2.75) is 38.8 Å². The molecular formula is C25H26N2O. The zero-order chi connectivity index (χ0) is 19.6. The summed E-state index contributed by atoms with van der Waals surface area (Å²) in [5.41, 5.74) is 3.49. The van der Waals surface area contributed by atoms with Crippen LogP contribution in [0, 0.1) is 11.3 Å². The first-order valence-electron chi connectivity index (χ1n) is 9.63. The van der Waals surface area contributed by atoms with Crippen molar-refractivity contribution in [1.82, 2.24) is 4.90 Å². The van der Waals surface area contributed by atoms with Crippen LogP contribution in [0.1, 0.15) is 23.6 Å². The van der Waals surface area contributed by atoms with E-state index < -0.39 is 0 Å². The fourth-order valence-electron chi connectivity index (χ4n) is 3.27. The Bertz CT molecular complexity index is 818. The van der Waals surface area contributed by atoms with Crippen LogP contribution < -0.4 is 0 Å². The average Bonchev–Trinajstić information content (AvgIpc) is 2.75. The molecule has 0 unspecified atom stereocenters. The molecule has 0 amide bonds. The van der Waals surface area contributed by atoms with Crippen LogP contribution in [0.5, 0.6) is 0 Å². The lowest BCUT2D eigenvalue weighted by Gasteiger charge is -2.31. The maximum atomic E-state index is 9.95. The Morgan fingerprint density at radius 3 is 1.61 bits per heavy atom. The first-order chi connectivity index (χ1) is 13.8. The summed E-state index contributed by atoms with van der Waals surface area (Å²) in [6.07, 6.45) is -0.211. The van der Waals surface area contributed by atoms with Crippen molar-refractivity contribution in [3.8, 4) is 6.07 Å². The van der Waals surface area contributed by atoms with Crippen LogP contribution in [0.15, 0.2) is 91.0 Å². The van der Waals surface area contributed by atoms with Crippen LogP contribution in [0.25, 0.3) is 0 Å². The Balaban J connectivity index is 1.74. The van der Waals surface area contributed by atoms with E-state index in [0.29, 0.717) is 19.7 Å². The molecule has 0 saturated heterocycles. The Morgan fingerprint density at radius 2 is 1.18 bits per heavy atom. The van der Waals surface area contributed by atoms with Crippen molar-refractivity contribution in [3.05, 3.63) is 108 Å². The fraction of sp³-hybridized carbons (Fsp3) is 0.240. The van der Waals surface area contributed by atoms with E-state index in [1.165, 1.54) is 11.1 Å². The van der Waals surface area contributed by atoms with Gasteiger partial charge in [0.1, 0.15) is 6.04 Å². The zero-order valence-electron chi connectivity index (χ0n) is 16.2. The van der Waals surface area contributed by atoms with E-state index in [1.54, 1.807) is 0 Å². The lowest BCUT2D eigenvalue weighted by Crippen LogP contribution is -2.41. The maximum absolute atomic E-state index is 9.95. The molecule has 0 fully saturated rings. The quantitative estimate of drug-likeness (QED) is 0.520. The highest BCUT2D eigenvalue weighted by Gasteiger charge is 2.25. The molecule has 142 valence electrons. The summed E-state index contributed by atoms with van der Waals surface area (Å²) in [6.45, 7) is 3.89. The maximum Gasteiger partial charge on any atom is 0.125 e. The third kappa shape index (κ3) is 5.79. The third-order valence-corrected chi connectivity index (χ3v) is 4.78. The predicted octanol–water partition coefficient (Wildman–Crippen LogP) is 5.19. The van der Waals surface area contributed by atoms with Gasteiger partial charge in [-0.05, 0) is 23.6 Å². The summed E-state index contributed by atoms with van der Waals surface area (Å²) in [5, 5.41) is 9.95. The summed E-state index contributed by atoms with van der Waals surface area (Å²) < 4.78 is 6.07. The number of nitrogens with zero attached hydrogens (tertiary/aromatic N) is 2. The van der Waals surface area contributed by atoms with Crippen LogP contribution in [-0.4, -0.2) is 17.0 Å². The Morgan fingerprint density at radius 1 is 0.750 bits per heavy atom. The van der Waals surface area contributed by atoms with Gasteiger partial charge in [0.2, 0.25) is 0 Å². The van der Waals surface area contributed by atoms with E-state index in [0.717, 1.165) is 5.56 Å². The highest BCUT2D eigenvalue weighted by Crippen LogP contribution is 2.18. The molecule has 0 spiro atoms. The molecule has 0 N–H and O–H groups in total. The molecule has 0 aliphatic heterocycles. The number of hydrogen-bond donors (Lipinski definition) is 0. The molecule has 0 aliphatic rings. The van der Waals surface area contributed by atoms with Gasteiger partial charge in [0.15, 0.2) is 0 Å². The molecule has 0 heterocycles. The Hall–Kier alpha value is -2.93. The van der Waals surface area contributed by atoms with Crippen molar-refractivity contribution in [2.24, 2.45) is 0 Å². The number of ether oxygens (including phenoxy) is 1. The van der Waals surface area contributed by atoms with Crippen molar-refractivity contribution >= 4 is 0 Å². The highest BCUT2D eigenvalue weighted by molar-refractivity contribution is 5.19. The molecule has 3 aromatic rings. The normalized spacial score (nSPS) is 13.0. The van der Waals surface area contributed by atoms with Gasteiger partial charge in [-0.25, -0.2) is 0 Å². The molecule has 3 aromatic carbocycles. The number of benzene rings is 3. The van der Waals surface area contributed by atoms with E-state index in [4.69, 9.17) is 4.74 Å². The summed E-state index contributed by atoms with van der Waals surface area (Å²) in [6, 6.07) is 32.8. The van der Waals surface area contributed by atoms with Gasteiger partial charge in [-0.2, -0.15) is 5.26 Å². The third-order valence-electron chi connectivity index (χ3n) is 4.78. The molecule has 0 aliphatic carbocycles. The van der Waals surface area contributed by atoms with Gasteiger partial charge < -0.3 is 4.74 Å². The lowest BCUT2D eigenvalue weighted by atomic mass is 10.1. The molecule has 3 rings (SSSR count). The largest absolute Gasteiger partial charge is 0.371 e. The molecule has 0 aromatic heterocycles. The second-order valence-electron chi connectivity index (χ2n) is 6.95. The van der Waals surface area contributed by atoms with E-state index in [-0.39, 0.29) is 12.1 Å². The SMILES string of the molecule is C[C@H](OCc1ccccc1)[C@H](C#N)N(Cc1ccccc1)Cc1ccccc1. The minimum absolute atomic E-state index is 0.211. The van der Waals surface area contributed by atoms with Crippen molar-refractivity contribution < 1.29 is 4.74 Å². The predicted molar refractivity (Wildman–Crippen MR) is 112 cm³/mol. The number of hydrogen-bond acceptors (Lipinski definition) is 3. The first kappa shape index (κ1) is 19.8. The van der Waals surface area contributed by atoms with Gasteiger partial charge in [0.25, 0.3) is 0 Å². The van der Waals surface area contributed by atoms with Crippen LogP contribution >= 0.6 is 0 Å². The van der Waals surface area contributed by atoms with Crippen molar-refractivity contribution in [1.29, 1.82) is 5.26 Å². The van der Waals surface area contributed by atoms with Gasteiger partial charge >= 0.3 is 0 Å². The lowest BCUT2D eigenvalue weighted by molar-refractivity contribution is 0.0000314. The second-order valence-corrected chi connectivity index (χ2v) is 6.95. The summed E-state index contributed by atoms with van der Waals surface area (Å²) in [4.78, 5) is 2.19. The second kappa shape index (κ2) is 10.4. The topological polar surface area (TPSA) is 36.3 Å². The standard InChI is InChI=1S/C25H26N2O/c1-21(28-20-24-15-9-4-10-16-24)25(17-26)27(18-22-11-5-2-6-12-22)19-23-13-7-3-8-14-23/h2-16,21,25H,18-20H2,1H3/t21-,25-/m0/s1. The van der Waals surface area contributed by atoms with Gasteiger partial charge in [-0.15, -0.1) is 0 Å². The molecular weight excluding hydrogens is 344 g/mol. The van der Waals surface area contributed by atoms with Crippen LogP contribution in [0.4, 0.5) is 0 Å². The molecule has 3 heteroatoms. The monoisotopic (exact) mass is 370 g/mol. The van der Waals surface area contributed by atoms with E-state index in [2.05, 4.69) is 35.2 Å². The molecule has 0 saturated carbocycles. The van der Waals surface area contributed by atoms with E-state index >= 15 is 0 Å². The van der Waals surface area contributed by atoms with Crippen LogP contribution in [0.2, 0.25) is 0 Å². The fourth-order valence-corrected chi connectivity index (χ4v) is 3.27. The first-order valence-corrected chi connectivity index (χ1v) is 9.63. The van der Waals surface area contributed by atoms with Crippen molar-refractivity contribution in [2.75, 3.05) is 0 Å².